The molecular formula is C24H35N3O4S. The highest BCUT2D eigenvalue weighted by molar-refractivity contribution is 7.89. The SMILES string of the molecule is CC1Cc2cc(S(=O)(=O)NCCC(=O)NC3CCCCCCC3)ccc2N1C(=O)C1CC1. The molecule has 8 heteroatoms. The van der Waals surface area contributed by atoms with E-state index in [1.54, 1.807) is 18.2 Å². The lowest BCUT2D eigenvalue weighted by molar-refractivity contribution is -0.122. The summed E-state index contributed by atoms with van der Waals surface area (Å²) in [4.78, 5) is 26.9. The number of anilines is 1. The van der Waals surface area contributed by atoms with Crippen molar-refractivity contribution in [2.24, 2.45) is 5.92 Å². The average molecular weight is 462 g/mol. The molecule has 2 fully saturated rings. The lowest BCUT2D eigenvalue weighted by atomic mass is 9.96. The number of fused-ring (bicyclic) bond motifs is 1. The molecule has 32 heavy (non-hydrogen) atoms. The Morgan fingerprint density at radius 2 is 1.72 bits per heavy atom. The molecule has 0 bridgehead atoms. The summed E-state index contributed by atoms with van der Waals surface area (Å²) in [6.45, 7) is 2.07. The number of benzene rings is 1. The molecule has 2 amide bonds. The molecule has 2 N–H and O–H groups in total. The largest absolute Gasteiger partial charge is 0.353 e. The third kappa shape index (κ3) is 5.52. The van der Waals surface area contributed by atoms with Crippen molar-refractivity contribution in [3.8, 4) is 0 Å². The van der Waals surface area contributed by atoms with Crippen LogP contribution in [0, 0.1) is 5.92 Å². The number of nitrogens with zero attached hydrogens (tertiary/aromatic N) is 1. The minimum absolute atomic E-state index is 0.0426. The molecular weight excluding hydrogens is 426 g/mol. The summed E-state index contributed by atoms with van der Waals surface area (Å²) in [6.07, 6.45) is 10.7. The molecule has 1 aromatic carbocycles. The van der Waals surface area contributed by atoms with Gasteiger partial charge in [-0.3, -0.25) is 9.59 Å². The average Bonchev–Trinajstić information content (AvgIpc) is 3.51. The summed E-state index contributed by atoms with van der Waals surface area (Å²) in [7, 11) is -3.71. The molecule has 1 atom stereocenters. The van der Waals surface area contributed by atoms with Crippen molar-refractivity contribution in [1.82, 2.24) is 10.0 Å². The normalized spacial score (nSPS) is 22.2. The van der Waals surface area contributed by atoms with Crippen molar-refractivity contribution in [1.29, 1.82) is 0 Å². The number of carbonyl (C=O) groups is 2. The minimum Gasteiger partial charge on any atom is -0.353 e. The van der Waals surface area contributed by atoms with Crippen LogP contribution in [-0.4, -0.2) is 38.9 Å². The molecule has 2 aliphatic carbocycles. The first-order chi connectivity index (χ1) is 15.3. The summed E-state index contributed by atoms with van der Waals surface area (Å²) in [5.41, 5.74) is 1.71. The lowest BCUT2D eigenvalue weighted by Crippen LogP contribution is -2.37. The summed E-state index contributed by atoms with van der Waals surface area (Å²) >= 11 is 0. The van der Waals surface area contributed by atoms with Crippen LogP contribution in [0.15, 0.2) is 23.1 Å². The Morgan fingerprint density at radius 1 is 1.03 bits per heavy atom. The van der Waals surface area contributed by atoms with Gasteiger partial charge >= 0.3 is 0 Å². The third-order valence-corrected chi connectivity index (χ3v) is 8.31. The second-order valence-electron chi connectivity index (χ2n) is 9.58. The first-order valence-corrected chi connectivity index (χ1v) is 13.6. The fourth-order valence-corrected chi connectivity index (χ4v) is 6.00. The first kappa shape index (κ1) is 23.2. The summed E-state index contributed by atoms with van der Waals surface area (Å²) in [6, 6.07) is 5.22. The second-order valence-corrected chi connectivity index (χ2v) is 11.4. The zero-order valence-corrected chi connectivity index (χ0v) is 19.8. The topological polar surface area (TPSA) is 95.6 Å². The van der Waals surface area contributed by atoms with E-state index in [1.807, 2.05) is 11.8 Å². The van der Waals surface area contributed by atoms with E-state index >= 15 is 0 Å². The van der Waals surface area contributed by atoms with E-state index in [4.69, 9.17) is 0 Å². The second kappa shape index (κ2) is 9.91. The Morgan fingerprint density at radius 3 is 2.41 bits per heavy atom. The van der Waals surface area contributed by atoms with Crippen LogP contribution in [0.5, 0.6) is 0 Å². The number of hydrogen-bond donors (Lipinski definition) is 2. The molecule has 1 aromatic rings. The van der Waals surface area contributed by atoms with Crippen molar-refractivity contribution in [2.45, 2.75) is 94.5 Å². The first-order valence-electron chi connectivity index (χ1n) is 12.1. The molecule has 176 valence electrons. The quantitative estimate of drug-likeness (QED) is 0.651. The molecule has 0 spiro atoms. The van der Waals surface area contributed by atoms with Gasteiger partial charge in [-0.15, -0.1) is 0 Å². The van der Waals surface area contributed by atoms with Crippen molar-refractivity contribution in [3.05, 3.63) is 23.8 Å². The number of nitrogens with one attached hydrogen (secondary N) is 2. The van der Waals surface area contributed by atoms with E-state index in [1.165, 1.54) is 19.3 Å². The van der Waals surface area contributed by atoms with Gasteiger partial charge in [0, 0.05) is 36.7 Å². The zero-order valence-electron chi connectivity index (χ0n) is 18.9. The van der Waals surface area contributed by atoms with Crippen molar-refractivity contribution in [3.63, 3.8) is 0 Å². The van der Waals surface area contributed by atoms with Gasteiger partial charge in [-0.2, -0.15) is 0 Å². The maximum absolute atomic E-state index is 12.8. The van der Waals surface area contributed by atoms with Crippen LogP contribution in [0.3, 0.4) is 0 Å². The molecule has 0 aromatic heterocycles. The van der Waals surface area contributed by atoms with E-state index in [2.05, 4.69) is 10.0 Å². The molecule has 1 unspecified atom stereocenters. The zero-order chi connectivity index (χ0) is 22.7. The Kier molecular flexibility index (Phi) is 7.20. The van der Waals surface area contributed by atoms with Crippen molar-refractivity contribution < 1.29 is 18.0 Å². The van der Waals surface area contributed by atoms with E-state index in [0.29, 0.717) is 6.42 Å². The third-order valence-electron chi connectivity index (χ3n) is 6.86. The number of hydrogen-bond acceptors (Lipinski definition) is 4. The fourth-order valence-electron chi connectivity index (χ4n) is 4.92. The number of rotatable bonds is 7. The van der Waals surface area contributed by atoms with E-state index in [-0.39, 0.29) is 47.7 Å². The molecule has 4 rings (SSSR count). The standard InChI is InChI=1S/C24H35N3O4S/c1-17-15-19-16-21(11-12-22(19)27(17)24(29)18-9-10-18)32(30,31)25-14-13-23(28)26-20-7-5-3-2-4-6-8-20/h11-12,16-18,20,25H,2-10,13-15H2,1H3,(H,26,28). The van der Waals surface area contributed by atoms with Gasteiger partial charge in [-0.1, -0.05) is 32.1 Å². The van der Waals surface area contributed by atoms with Crippen LogP contribution >= 0.6 is 0 Å². The van der Waals surface area contributed by atoms with Crippen LogP contribution in [0.1, 0.15) is 76.7 Å². The molecule has 2 saturated carbocycles. The minimum atomic E-state index is -3.71. The Hall–Kier alpha value is -1.93. The highest BCUT2D eigenvalue weighted by Gasteiger charge is 2.39. The van der Waals surface area contributed by atoms with Crippen LogP contribution in [0.2, 0.25) is 0 Å². The lowest BCUT2D eigenvalue weighted by Gasteiger charge is -2.22. The van der Waals surface area contributed by atoms with E-state index in [0.717, 1.165) is 49.8 Å². The van der Waals surface area contributed by atoms with Crippen molar-refractivity contribution in [2.75, 3.05) is 11.4 Å². The maximum Gasteiger partial charge on any atom is 0.240 e. The van der Waals surface area contributed by atoms with Crippen LogP contribution in [-0.2, 0) is 26.0 Å². The van der Waals surface area contributed by atoms with Crippen LogP contribution in [0.4, 0.5) is 5.69 Å². The summed E-state index contributed by atoms with van der Waals surface area (Å²) < 4.78 is 28.1. The smallest absolute Gasteiger partial charge is 0.240 e. The molecule has 0 radical (unpaired) electrons. The van der Waals surface area contributed by atoms with Gasteiger partial charge in [0.25, 0.3) is 0 Å². The predicted octanol–water partition coefficient (Wildman–Crippen LogP) is 3.27. The van der Waals surface area contributed by atoms with E-state index in [9.17, 15) is 18.0 Å². The van der Waals surface area contributed by atoms with Gasteiger partial charge < -0.3 is 10.2 Å². The van der Waals surface area contributed by atoms with Gasteiger partial charge in [0.05, 0.1) is 4.90 Å². The Balaban J connectivity index is 1.31. The van der Waals surface area contributed by atoms with Gasteiger partial charge in [0.2, 0.25) is 21.8 Å². The number of carbonyl (C=O) groups excluding carboxylic acids is 2. The van der Waals surface area contributed by atoms with Gasteiger partial charge in [0.15, 0.2) is 0 Å². The summed E-state index contributed by atoms with van der Waals surface area (Å²) in [5, 5.41) is 3.07. The fraction of sp³-hybridized carbons (Fsp3) is 0.667. The van der Waals surface area contributed by atoms with Gasteiger partial charge in [-0.25, -0.2) is 13.1 Å². The maximum atomic E-state index is 12.8. The molecule has 3 aliphatic rings. The van der Waals surface area contributed by atoms with Gasteiger partial charge in [0.1, 0.15) is 0 Å². The molecule has 1 heterocycles. The monoisotopic (exact) mass is 461 g/mol. The molecule has 7 nitrogen and oxygen atoms in total. The Bertz CT molecular complexity index is 950. The molecule has 0 saturated heterocycles. The van der Waals surface area contributed by atoms with Crippen LogP contribution < -0.4 is 14.9 Å². The highest BCUT2D eigenvalue weighted by Crippen LogP contribution is 2.39. The summed E-state index contributed by atoms with van der Waals surface area (Å²) in [5.74, 6) is 0.178. The van der Waals surface area contributed by atoms with Crippen LogP contribution in [0.25, 0.3) is 0 Å². The molecule has 1 aliphatic heterocycles. The van der Waals surface area contributed by atoms with Gasteiger partial charge in [-0.05, 0) is 62.8 Å². The predicted molar refractivity (Wildman–Crippen MR) is 124 cm³/mol. The Labute approximate surface area is 191 Å². The number of sulfonamides is 1. The van der Waals surface area contributed by atoms with E-state index < -0.39 is 10.0 Å². The highest BCUT2D eigenvalue weighted by atomic mass is 32.2. The van der Waals surface area contributed by atoms with Crippen molar-refractivity contribution >= 4 is 27.5 Å². The number of amides is 2.